The molecule has 2 aromatic rings. The van der Waals surface area contributed by atoms with E-state index >= 15 is 0 Å². The van der Waals surface area contributed by atoms with E-state index < -0.39 is 16.9 Å². The Morgan fingerprint density at radius 2 is 1.78 bits per heavy atom. The van der Waals surface area contributed by atoms with E-state index in [1.54, 1.807) is 12.1 Å². The molecule has 27 heavy (non-hydrogen) atoms. The third kappa shape index (κ3) is 3.43. The first-order valence-electron chi connectivity index (χ1n) is 8.36. The zero-order valence-corrected chi connectivity index (χ0v) is 14.2. The molecule has 2 aliphatic rings. The van der Waals surface area contributed by atoms with Gasteiger partial charge in [-0.05, 0) is 12.1 Å². The highest BCUT2D eigenvalue weighted by Gasteiger charge is 2.27. The minimum atomic E-state index is -0.621. The molecule has 2 aliphatic heterocycles. The smallest absolute Gasteiger partial charge is 0.286 e. The summed E-state index contributed by atoms with van der Waals surface area (Å²) in [6.45, 7) is 1.02. The summed E-state index contributed by atoms with van der Waals surface area (Å²) in [5, 5.41) is 14.0. The SMILES string of the molecule is O=C(NCC1COc2ccccc2O1)c1cc2c(cc1[N+](=O)[O-])OCCO2. The lowest BCUT2D eigenvalue weighted by Gasteiger charge is -2.26. The van der Waals surface area contributed by atoms with Gasteiger partial charge in [-0.2, -0.15) is 0 Å². The number of amides is 1. The van der Waals surface area contributed by atoms with Crippen LogP contribution >= 0.6 is 0 Å². The number of nitrogens with one attached hydrogen (secondary N) is 1. The Hall–Kier alpha value is -3.49. The van der Waals surface area contributed by atoms with Crippen LogP contribution in [0.25, 0.3) is 0 Å². The third-order valence-electron chi connectivity index (χ3n) is 4.16. The van der Waals surface area contributed by atoms with Crippen LogP contribution in [0.5, 0.6) is 23.0 Å². The molecule has 9 nitrogen and oxygen atoms in total. The van der Waals surface area contributed by atoms with Gasteiger partial charge in [0.15, 0.2) is 23.0 Å². The molecule has 1 unspecified atom stereocenters. The highest BCUT2D eigenvalue weighted by molar-refractivity contribution is 5.99. The van der Waals surface area contributed by atoms with E-state index in [4.69, 9.17) is 18.9 Å². The second-order valence-electron chi connectivity index (χ2n) is 5.98. The van der Waals surface area contributed by atoms with E-state index in [0.717, 1.165) is 0 Å². The van der Waals surface area contributed by atoms with Crippen molar-refractivity contribution in [3.63, 3.8) is 0 Å². The average Bonchev–Trinajstić information content (AvgIpc) is 2.70. The summed E-state index contributed by atoms with van der Waals surface area (Å²) in [5.74, 6) is 1.20. The van der Waals surface area contributed by atoms with E-state index in [9.17, 15) is 14.9 Å². The van der Waals surface area contributed by atoms with E-state index in [1.807, 2.05) is 12.1 Å². The van der Waals surface area contributed by atoms with E-state index in [-0.39, 0.29) is 30.2 Å². The van der Waals surface area contributed by atoms with Gasteiger partial charge in [-0.1, -0.05) is 12.1 Å². The van der Waals surface area contributed by atoms with Crippen molar-refractivity contribution in [3.8, 4) is 23.0 Å². The molecule has 0 radical (unpaired) electrons. The summed E-state index contributed by atoms with van der Waals surface area (Å²) in [7, 11) is 0. The molecule has 2 heterocycles. The Balaban J connectivity index is 1.48. The molecular weight excluding hydrogens is 356 g/mol. The van der Waals surface area contributed by atoms with Crippen molar-refractivity contribution >= 4 is 11.6 Å². The second-order valence-corrected chi connectivity index (χ2v) is 5.98. The van der Waals surface area contributed by atoms with Gasteiger partial charge >= 0.3 is 0 Å². The van der Waals surface area contributed by atoms with Crippen LogP contribution in [0.4, 0.5) is 5.69 Å². The fourth-order valence-electron chi connectivity index (χ4n) is 2.88. The maximum absolute atomic E-state index is 12.5. The molecule has 0 bridgehead atoms. The molecular formula is C18H16N2O7. The first-order valence-corrected chi connectivity index (χ1v) is 8.36. The summed E-state index contributed by atoms with van der Waals surface area (Å²) in [6, 6.07) is 9.76. The number of hydrogen-bond donors (Lipinski definition) is 1. The van der Waals surface area contributed by atoms with Gasteiger partial charge in [0.2, 0.25) is 0 Å². The normalized spacial score (nSPS) is 17.1. The van der Waals surface area contributed by atoms with E-state index in [0.29, 0.717) is 30.5 Å². The summed E-state index contributed by atoms with van der Waals surface area (Å²) in [4.78, 5) is 23.3. The Morgan fingerprint density at radius 1 is 1.07 bits per heavy atom. The largest absolute Gasteiger partial charge is 0.486 e. The number of fused-ring (bicyclic) bond motifs is 2. The monoisotopic (exact) mass is 372 g/mol. The lowest BCUT2D eigenvalue weighted by atomic mass is 10.1. The summed E-state index contributed by atoms with van der Waals surface area (Å²) in [6.07, 6.45) is -0.403. The Labute approximate surface area is 153 Å². The van der Waals surface area contributed by atoms with Crippen molar-refractivity contribution in [2.45, 2.75) is 6.10 Å². The van der Waals surface area contributed by atoms with Crippen LogP contribution < -0.4 is 24.3 Å². The third-order valence-corrected chi connectivity index (χ3v) is 4.16. The lowest BCUT2D eigenvalue weighted by molar-refractivity contribution is -0.385. The highest BCUT2D eigenvalue weighted by atomic mass is 16.6. The van der Waals surface area contributed by atoms with Crippen LogP contribution in [0.3, 0.4) is 0 Å². The van der Waals surface area contributed by atoms with Crippen molar-refractivity contribution in [2.75, 3.05) is 26.4 Å². The number of carbonyl (C=O) groups excluding carboxylic acids is 1. The molecule has 1 N–H and O–H groups in total. The van der Waals surface area contributed by atoms with E-state index in [1.165, 1.54) is 12.1 Å². The molecule has 1 atom stereocenters. The molecule has 0 aliphatic carbocycles. The molecule has 0 saturated heterocycles. The summed E-state index contributed by atoms with van der Waals surface area (Å²) < 4.78 is 22.1. The molecule has 0 saturated carbocycles. The molecule has 0 aromatic heterocycles. The van der Waals surface area contributed by atoms with Gasteiger partial charge in [0.1, 0.15) is 31.5 Å². The van der Waals surface area contributed by atoms with Crippen LogP contribution in [0.15, 0.2) is 36.4 Å². The average molecular weight is 372 g/mol. The van der Waals surface area contributed by atoms with Gasteiger partial charge in [-0.25, -0.2) is 0 Å². The van der Waals surface area contributed by atoms with Crippen molar-refractivity contribution in [2.24, 2.45) is 0 Å². The molecule has 4 rings (SSSR count). The number of nitro groups is 1. The molecule has 9 heteroatoms. The predicted molar refractivity (Wildman–Crippen MR) is 92.8 cm³/mol. The number of benzene rings is 2. The molecule has 0 spiro atoms. The van der Waals surface area contributed by atoms with Gasteiger partial charge in [0.05, 0.1) is 17.5 Å². The zero-order valence-electron chi connectivity index (χ0n) is 14.2. The first kappa shape index (κ1) is 17.0. The number of carbonyl (C=O) groups is 1. The maximum Gasteiger partial charge on any atom is 0.286 e. The number of rotatable bonds is 4. The molecule has 0 fully saturated rings. The number of nitrogens with zero attached hydrogens (tertiary/aromatic N) is 1. The van der Waals surface area contributed by atoms with Crippen LogP contribution in [-0.2, 0) is 0 Å². The topological polar surface area (TPSA) is 109 Å². The molecule has 2 aromatic carbocycles. The predicted octanol–water partition coefficient (Wildman–Crippen LogP) is 1.94. The standard InChI is InChI=1S/C18H16N2O7/c21-18(19-9-11-10-26-14-3-1-2-4-15(14)27-11)12-7-16-17(25-6-5-24-16)8-13(12)20(22)23/h1-4,7-8,11H,5-6,9-10H2,(H,19,21). The molecule has 1 amide bonds. The quantitative estimate of drug-likeness (QED) is 0.645. The van der Waals surface area contributed by atoms with Crippen LogP contribution in [0.1, 0.15) is 10.4 Å². The fourth-order valence-corrected chi connectivity index (χ4v) is 2.88. The number of ether oxygens (including phenoxy) is 4. The fraction of sp³-hybridized carbons (Fsp3) is 0.278. The van der Waals surface area contributed by atoms with Crippen LogP contribution in [0.2, 0.25) is 0 Å². The lowest BCUT2D eigenvalue weighted by Crippen LogP contribution is -2.40. The van der Waals surface area contributed by atoms with Gasteiger partial charge in [-0.15, -0.1) is 0 Å². The van der Waals surface area contributed by atoms with Gasteiger partial charge in [0.25, 0.3) is 11.6 Å². The van der Waals surface area contributed by atoms with Gasteiger partial charge < -0.3 is 24.3 Å². The van der Waals surface area contributed by atoms with Crippen molar-refractivity contribution < 1.29 is 28.7 Å². The van der Waals surface area contributed by atoms with Crippen LogP contribution in [0, 0.1) is 10.1 Å². The number of hydrogen-bond acceptors (Lipinski definition) is 7. The Bertz CT molecular complexity index is 899. The number of nitro benzene ring substituents is 1. The van der Waals surface area contributed by atoms with Crippen molar-refractivity contribution in [3.05, 3.63) is 52.1 Å². The minimum Gasteiger partial charge on any atom is -0.486 e. The second kappa shape index (κ2) is 7.02. The minimum absolute atomic E-state index is 0.0959. The molecule has 140 valence electrons. The summed E-state index contributed by atoms with van der Waals surface area (Å²) >= 11 is 0. The van der Waals surface area contributed by atoms with Crippen molar-refractivity contribution in [1.82, 2.24) is 5.32 Å². The summed E-state index contributed by atoms with van der Waals surface area (Å²) in [5.41, 5.74) is -0.440. The van der Waals surface area contributed by atoms with Gasteiger partial charge in [0, 0.05) is 6.07 Å². The number of para-hydroxylation sites is 2. The van der Waals surface area contributed by atoms with Gasteiger partial charge in [-0.3, -0.25) is 14.9 Å². The van der Waals surface area contributed by atoms with Crippen LogP contribution in [-0.4, -0.2) is 43.3 Å². The van der Waals surface area contributed by atoms with E-state index in [2.05, 4.69) is 5.32 Å². The highest BCUT2D eigenvalue weighted by Crippen LogP contribution is 2.36. The van der Waals surface area contributed by atoms with Crippen molar-refractivity contribution in [1.29, 1.82) is 0 Å². The maximum atomic E-state index is 12.5. The Kier molecular flexibility index (Phi) is 4.41. The first-order chi connectivity index (χ1) is 13.1. The Morgan fingerprint density at radius 3 is 2.52 bits per heavy atom. The zero-order chi connectivity index (χ0) is 18.8.